The normalized spacial score (nSPS) is 22.2. The Balaban J connectivity index is 2.24. The molecule has 1 fully saturated rings. The molecule has 2 atom stereocenters. The molecule has 1 heterocycles. The van der Waals surface area contributed by atoms with Crippen LogP contribution in [0.15, 0.2) is 0 Å². The molecule has 1 saturated carbocycles. The molecule has 1 aliphatic carbocycles. The van der Waals surface area contributed by atoms with E-state index in [4.69, 9.17) is 5.84 Å². The molecule has 0 amide bonds. The number of hydrogen-bond acceptors (Lipinski definition) is 5. The molecule has 0 bridgehead atoms. The molecular formula is C14H25N5. The number of rotatable bonds is 4. The minimum atomic E-state index is -0.0946. The first-order valence-corrected chi connectivity index (χ1v) is 6.92. The van der Waals surface area contributed by atoms with Gasteiger partial charge in [0, 0.05) is 17.5 Å². The van der Waals surface area contributed by atoms with Crippen LogP contribution in [0.4, 0.5) is 11.6 Å². The molecule has 1 aromatic heterocycles. The zero-order chi connectivity index (χ0) is 14.2. The van der Waals surface area contributed by atoms with E-state index in [1.165, 1.54) is 6.42 Å². The van der Waals surface area contributed by atoms with Crippen molar-refractivity contribution in [1.82, 2.24) is 9.97 Å². The minimum Gasteiger partial charge on any atom is -0.369 e. The number of hydrogen-bond donors (Lipinski definition) is 3. The van der Waals surface area contributed by atoms with Gasteiger partial charge in [0.2, 0.25) is 0 Å². The third kappa shape index (κ3) is 3.15. The summed E-state index contributed by atoms with van der Waals surface area (Å²) in [5.74, 6) is 9.57. The fourth-order valence-electron chi connectivity index (χ4n) is 2.08. The summed E-state index contributed by atoms with van der Waals surface area (Å²) in [7, 11) is 0. The Morgan fingerprint density at radius 1 is 1.26 bits per heavy atom. The molecule has 5 nitrogen and oxygen atoms in total. The molecule has 0 aromatic carbocycles. The van der Waals surface area contributed by atoms with Crippen LogP contribution in [0.2, 0.25) is 0 Å². The maximum Gasteiger partial charge on any atom is 0.148 e. The van der Waals surface area contributed by atoms with E-state index in [1.54, 1.807) is 0 Å². The highest BCUT2D eigenvalue weighted by Crippen LogP contribution is 2.37. The van der Waals surface area contributed by atoms with Gasteiger partial charge in [0.05, 0.1) is 0 Å². The number of nitrogens with two attached hydrogens (primary N) is 1. The molecule has 0 spiro atoms. The van der Waals surface area contributed by atoms with Gasteiger partial charge in [0.1, 0.15) is 17.5 Å². The van der Waals surface area contributed by atoms with Crippen LogP contribution in [-0.2, 0) is 5.41 Å². The van der Waals surface area contributed by atoms with Crippen molar-refractivity contribution < 1.29 is 0 Å². The van der Waals surface area contributed by atoms with Gasteiger partial charge in [-0.05, 0) is 25.2 Å². The summed E-state index contributed by atoms with van der Waals surface area (Å²) in [6.45, 7) is 11.6. The van der Waals surface area contributed by atoms with Gasteiger partial charge in [-0.15, -0.1) is 0 Å². The van der Waals surface area contributed by atoms with Gasteiger partial charge < -0.3 is 10.7 Å². The van der Waals surface area contributed by atoms with Crippen LogP contribution in [-0.4, -0.2) is 16.5 Å². The highest BCUT2D eigenvalue weighted by atomic mass is 15.3. The average molecular weight is 263 g/mol. The van der Waals surface area contributed by atoms with Crippen LogP contribution >= 0.6 is 0 Å². The highest BCUT2D eigenvalue weighted by Gasteiger charge is 2.32. The van der Waals surface area contributed by atoms with Crippen molar-refractivity contribution in [3.63, 3.8) is 0 Å². The molecule has 2 unspecified atom stereocenters. The van der Waals surface area contributed by atoms with Crippen LogP contribution in [0.5, 0.6) is 0 Å². The summed E-state index contributed by atoms with van der Waals surface area (Å²) in [5.41, 5.74) is 3.55. The second-order valence-electron chi connectivity index (χ2n) is 6.62. The van der Waals surface area contributed by atoms with E-state index in [2.05, 4.69) is 48.4 Å². The van der Waals surface area contributed by atoms with E-state index in [0.29, 0.717) is 5.82 Å². The van der Waals surface area contributed by atoms with Gasteiger partial charge in [0.25, 0.3) is 0 Å². The lowest BCUT2D eigenvalue weighted by atomic mass is 9.95. The van der Waals surface area contributed by atoms with Crippen molar-refractivity contribution in [3.8, 4) is 0 Å². The minimum absolute atomic E-state index is 0.0946. The van der Waals surface area contributed by atoms with E-state index in [1.807, 2.05) is 6.92 Å². The largest absolute Gasteiger partial charge is 0.369 e. The number of nitrogens with zero attached hydrogens (tertiary/aromatic N) is 2. The van der Waals surface area contributed by atoms with Crippen molar-refractivity contribution in [3.05, 3.63) is 11.4 Å². The molecular weight excluding hydrogens is 238 g/mol. The van der Waals surface area contributed by atoms with Crippen LogP contribution in [0, 0.1) is 18.8 Å². The van der Waals surface area contributed by atoms with Crippen LogP contribution in [0.3, 0.4) is 0 Å². The predicted molar refractivity (Wildman–Crippen MR) is 79.0 cm³/mol. The highest BCUT2D eigenvalue weighted by molar-refractivity contribution is 5.57. The van der Waals surface area contributed by atoms with E-state index < -0.39 is 0 Å². The van der Waals surface area contributed by atoms with E-state index in [0.717, 1.165) is 35.6 Å². The molecule has 4 N–H and O–H groups in total. The number of nitrogens with one attached hydrogen (secondary N) is 2. The van der Waals surface area contributed by atoms with Crippen molar-refractivity contribution in [2.45, 2.75) is 46.5 Å². The zero-order valence-electron chi connectivity index (χ0n) is 12.5. The van der Waals surface area contributed by atoms with Gasteiger partial charge in [-0.1, -0.05) is 27.7 Å². The Bertz CT molecular complexity index is 464. The lowest BCUT2D eigenvalue weighted by molar-refractivity contribution is 0.546. The molecule has 0 saturated heterocycles. The first-order valence-electron chi connectivity index (χ1n) is 6.92. The average Bonchev–Trinajstić information content (AvgIpc) is 3.02. The summed E-state index contributed by atoms with van der Waals surface area (Å²) < 4.78 is 0. The van der Waals surface area contributed by atoms with Gasteiger partial charge in [-0.2, -0.15) is 0 Å². The molecule has 106 valence electrons. The van der Waals surface area contributed by atoms with E-state index >= 15 is 0 Å². The molecule has 0 aliphatic heterocycles. The Hall–Kier alpha value is -1.36. The quantitative estimate of drug-likeness (QED) is 0.574. The maximum atomic E-state index is 5.55. The predicted octanol–water partition coefficient (Wildman–Crippen LogP) is 2.44. The topological polar surface area (TPSA) is 75.9 Å². The number of anilines is 2. The summed E-state index contributed by atoms with van der Waals surface area (Å²) >= 11 is 0. The van der Waals surface area contributed by atoms with Gasteiger partial charge in [-0.25, -0.2) is 15.8 Å². The van der Waals surface area contributed by atoms with Crippen LogP contribution in [0.25, 0.3) is 0 Å². The van der Waals surface area contributed by atoms with Crippen LogP contribution < -0.4 is 16.6 Å². The van der Waals surface area contributed by atoms with Crippen molar-refractivity contribution in [1.29, 1.82) is 0 Å². The monoisotopic (exact) mass is 263 g/mol. The molecule has 1 aromatic rings. The molecule has 2 rings (SSSR count). The third-order valence-corrected chi connectivity index (χ3v) is 3.76. The number of aromatic nitrogens is 2. The molecule has 1 aliphatic rings. The van der Waals surface area contributed by atoms with Crippen molar-refractivity contribution in [2.24, 2.45) is 17.7 Å². The lowest BCUT2D eigenvalue weighted by Gasteiger charge is -2.20. The standard InChI is InChI=1S/C14H25N5/c1-8-6-10(8)7-16-11-9(2)12(19-15)18-13(17-11)14(3,4)5/h8,10H,6-7,15H2,1-5H3,(H2,16,17,18,19). The Kier molecular flexibility index (Phi) is 3.67. The summed E-state index contributed by atoms with van der Waals surface area (Å²) in [5, 5.41) is 3.45. The Labute approximate surface area is 115 Å². The van der Waals surface area contributed by atoms with Crippen LogP contribution in [0.1, 0.15) is 45.5 Å². The first kappa shape index (κ1) is 14.1. The molecule has 0 radical (unpaired) electrons. The number of nitrogen functional groups attached to an aromatic ring is 1. The fraction of sp³-hybridized carbons (Fsp3) is 0.714. The second kappa shape index (κ2) is 4.96. The fourth-order valence-corrected chi connectivity index (χ4v) is 2.08. The van der Waals surface area contributed by atoms with Crippen molar-refractivity contribution >= 4 is 11.6 Å². The maximum absolute atomic E-state index is 5.55. The third-order valence-electron chi connectivity index (χ3n) is 3.76. The summed E-state index contributed by atoms with van der Waals surface area (Å²) in [4.78, 5) is 9.15. The Morgan fingerprint density at radius 3 is 2.32 bits per heavy atom. The van der Waals surface area contributed by atoms with E-state index in [-0.39, 0.29) is 5.41 Å². The summed E-state index contributed by atoms with van der Waals surface area (Å²) in [6.07, 6.45) is 1.31. The van der Waals surface area contributed by atoms with Gasteiger partial charge in [-0.3, -0.25) is 0 Å². The Morgan fingerprint density at radius 2 is 1.84 bits per heavy atom. The SMILES string of the molecule is Cc1c(NN)nc(C(C)(C)C)nc1NCC1CC1C. The van der Waals surface area contributed by atoms with Crippen molar-refractivity contribution in [2.75, 3.05) is 17.3 Å². The lowest BCUT2D eigenvalue weighted by Crippen LogP contribution is -2.21. The smallest absolute Gasteiger partial charge is 0.148 e. The van der Waals surface area contributed by atoms with Gasteiger partial charge >= 0.3 is 0 Å². The zero-order valence-corrected chi connectivity index (χ0v) is 12.5. The second-order valence-corrected chi connectivity index (χ2v) is 6.62. The van der Waals surface area contributed by atoms with Gasteiger partial charge in [0.15, 0.2) is 0 Å². The van der Waals surface area contributed by atoms with E-state index in [9.17, 15) is 0 Å². The molecule has 5 heteroatoms. The molecule has 19 heavy (non-hydrogen) atoms. The first-order chi connectivity index (χ1) is 8.82. The number of hydrazine groups is 1. The summed E-state index contributed by atoms with van der Waals surface area (Å²) in [6, 6.07) is 0.